The largest absolute Gasteiger partial charge is 0.497 e. The summed E-state index contributed by atoms with van der Waals surface area (Å²) in [7, 11) is 1.68. The third-order valence-electron chi connectivity index (χ3n) is 5.31. The van der Waals surface area contributed by atoms with E-state index in [1.165, 1.54) is 16.7 Å². The second kappa shape index (κ2) is 13.0. The molecular weight excluding hydrogens is 390 g/mol. The number of ether oxygens (including phenoxy) is 3. The molecule has 0 unspecified atom stereocenters. The molecule has 0 radical (unpaired) electrons. The maximum Gasteiger partial charge on any atom is 0.191 e. The first-order valence-corrected chi connectivity index (χ1v) is 11.2. The molecule has 6 heteroatoms. The third kappa shape index (κ3) is 8.23. The Balaban J connectivity index is 1.43. The summed E-state index contributed by atoms with van der Waals surface area (Å²) in [6.45, 7) is 6.64. The molecular formula is C25H35N3O3. The van der Waals surface area contributed by atoms with Crippen LogP contribution in [0.25, 0.3) is 0 Å². The Kier molecular flexibility index (Phi) is 9.67. The van der Waals surface area contributed by atoms with Crippen LogP contribution < -0.4 is 15.4 Å². The first kappa shape index (κ1) is 23.1. The van der Waals surface area contributed by atoms with Crippen molar-refractivity contribution in [3.05, 3.63) is 65.2 Å². The number of methoxy groups -OCH3 is 1. The van der Waals surface area contributed by atoms with Crippen molar-refractivity contribution in [1.82, 2.24) is 10.6 Å². The summed E-state index contributed by atoms with van der Waals surface area (Å²) in [6.07, 6.45) is 3.23. The second-order valence-corrected chi connectivity index (χ2v) is 7.66. The van der Waals surface area contributed by atoms with Gasteiger partial charge in [0.2, 0.25) is 0 Å². The van der Waals surface area contributed by atoms with E-state index in [1.807, 2.05) is 12.1 Å². The number of nitrogens with zero attached hydrogens (tertiary/aromatic N) is 1. The molecule has 1 fully saturated rings. The SMILES string of the molecule is CCNC(=NCc1ccc(COC2CCOCC2)cc1)NCCc1ccc(OC)cc1. The molecule has 1 heterocycles. The van der Waals surface area contributed by atoms with Crippen LogP contribution in [0.4, 0.5) is 0 Å². The van der Waals surface area contributed by atoms with Gasteiger partial charge in [-0.1, -0.05) is 36.4 Å². The first-order chi connectivity index (χ1) is 15.3. The smallest absolute Gasteiger partial charge is 0.191 e. The van der Waals surface area contributed by atoms with Crippen molar-refractivity contribution in [1.29, 1.82) is 0 Å². The van der Waals surface area contributed by atoms with Gasteiger partial charge in [-0.25, -0.2) is 4.99 Å². The average molecular weight is 426 g/mol. The van der Waals surface area contributed by atoms with Crippen molar-refractivity contribution >= 4 is 5.96 Å². The molecule has 1 aliphatic heterocycles. The summed E-state index contributed by atoms with van der Waals surface area (Å²) >= 11 is 0. The van der Waals surface area contributed by atoms with E-state index in [0.29, 0.717) is 19.3 Å². The molecule has 0 atom stereocenters. The van der Waals surface area contributed by atoms with Gasteiger partial charge in [-0.2, -0.15) is 0 Å². The van der Waals surface area contributed by atoms with Crippen molar-refractivity contribution < 1.29 is 14.2 Å². The highest BCUT2D eigenvalue weighted by Crippen LogP contribution is 2.14. The topological polar surface area (TPSA) is 64.1 Å². The standard InChI is InChI=1S/C25H35N3O3/c1-3-26-25(27-15-12-20-8-10-23(29-2)11-9-20)28-18-21-4-6-22(7-5-21)19-31-24-13-16-30-17-14-24/h4-11,24H,3,12-19H2,1-2H3,(H2,26,27,28). The fraction of sp³-hybridized carbons (Fsp3) is 0.480. The van der Waals surface area contributed by atoms with Crippen LogP contribution in [-0.2, 0) is 29.0 Å². The summed E-state index contributed by atoms with van der Waals surface area (Å²) < 4.78 is 16.6. The summed E-state index contributed by atoms with van der Waals surface area (Å²) in [6, 6.07) is 16.7. The number of benzene rings is 2. The van der Waals surface area contributed by atoms with Crippen LogP contribution in [-0.4, -0.2) is 45.5 Å². The molecule has 0 aliphatic carbocycles. The van der Waals surface area contributed by atoms with Crippen molar-refractivity contribution in [2.45, 2.75) is 45.4 Å². The minimum absolute atomic E-state index is 0.324. The van der Waals surface area contributed by atoms with E-state index in [0.717, 1.165) is 57.3 Å². The van der Waals surface area contributed by atoms with Gasteiger partial charge < -0.3 is 24.8 Å². The monoisotopic (exact) mass is 425 g/mol. The van der Waals surface area contributed by atoms with E-state index >= 15 is 0 Å². The molecule has 31 heavy (non-hydrogen) atoms. The fourth-order valence-electron chi connectivity index (χ4n) is 3.43. The number of rotatable bonds is 10. The van der Waals surface area contributed by atoms with Gasteiger partial charge in [0.15, 0.2) is 5.96 Å². The predicted molar refractivity (Wildman–Crippen MR) is 125 cm³/mol. The molecule has 0 amide bonds. The van der Waals surface area contributed by atoms with Gasteiger partial charge in [-0.05, 0) is 55.0 Å². The molecule has 2 aromatic rings. The molecule has 168 valence electrons. The zero-order valence-electron chi connectivity index (χ0n) is 18.7. The summed E-state index contributed by atoms with van der Waals surface area (Å²) in [4.78, 5) is 4.72. The van der Waals surface area contributed by atoms with Crippen molar-refractivity contribution in [3.8, 4) is 5.75 Å². The summed E-state index contributed by atoms with van der Waals surface area (Å²) in [5.41, 5.74) is 3.65. The lowest BCUT2D eigenvalue weighted by Crippen LogP contribution is -2.38. The number of hydrogen-bond donors (Lipinski definition) is 2. The molecule has 3 rings (SSSR count). The zero-order valence-corrected chi connectivity index (χ0v) is 18.7. The van der Waals surface area contributed by atoms with Crippen LogP contribution in [0, 0.1) is 0 Å². The second-order valence-electron chi connectivity index (χ2n) is 7.66. The molecule has 0 bridgehead atoms. The number of hydrogen-bond acceptors (Lipinski definition) is 4. The number of guanidine groups is 1. The number of aliphatic imine (C=N–C) groups is 1. The summed E-state index contributed by atoms with van der Waals surface area (Å²) in [5.74, 6) is 1.72. The molecule has 0 saturated carbocycles. The predicted octanol–water partition coefficient (Wildman–Crippen LogP) is 3.69. The van der Waals surface area contributed by atoms with Crippen molar-refractivity contribution in [2.75, 3.05) is 33.4 Å². The Morgan fingerprint density at radius 3 is 2.32 bits per heavy atom. The fourth-order valence-corrected chi connectivity index (χ4v) is 3.43. The van der Waals surface area contributed by atoms with Gasteiger partial charge in [0.05, 0.1) is 26.4 Å². The molecule has 6 nitrogen and oxygen atoms in total. The van der Waals surface area contributed by atoms with Gasteiger partial charge in [0.1, 0.15) is 5.75 Å². The lowest BCUT2D eigenvalue weighted by Gasteiger charge is -2.22. The highest BCUT2D eigenvalue weighted by molar-refractivity contribution is 5.79. The molecule has 0 aromatic heterocycles. The molecule has 1 aliphatic rings. The summed E-state index contributed by atoms with van der Waals surface area (Å²) in [5, 5.41) is 6.73. The van der Waals surface area contributed by atoms with E-state index in [9.17, 15) is 0 Å². The lowest BCUT2D eigenvalue weighted by molar-refractivity contribution is -0.0390. The minimum Gasteiger partial charge on any atom is -0.497 e. The first-order valence-electron chi connectivity index (χ1n) is 11.2. The van der Waals surface area contributed by atoms with Gasteiger partial charge >= 0.3 is 0 Å². The maximum atomic E-state index is 6.00. The Hall–Kier alpha value is -2.57. The molecule has 0 spiro atoms. The van der Waals surface area contributed by atoms with E-state index in [4.69, 9.17) is 19.2 Å². The van der Waals surface area contributed by atoms with Crippen LogP contribution in [0.1, 0.15) is 36.5 Å². The van der Waals surface area contributed by atoms with Crippen LogP contribution in [0.3, 0.4) is 0 Å². The van der Waals surface area contributed by atoms with Gasteiger partial charge in [0, 0.05) is 26.3 Å². The molecule has 2 aromatic carbocycles. The molecule has 1 saturated heterocycles. The zero-order chi connectivity index (χ0) is 21.7. The normalized spacial score (nSPS) is 15.0. The minimum atomic E-state index is 0.324. The van der Waals surface area contributed by atoms with E-state index in [2.05, 4.69) is 54.0 Å². The van der Waals surface area contributed by atoms with E-state index in [-0.39, 0.29) is 0 Å². The quantitative estimate of drug-likeness (QED) is 0.449. The van der Waals surface area contributed by atoms with Gasteiger partial charge in [-0.15, -0.1) is 0 Å². The number of nitrogens with one attached hydrogen (secondary N) is 2. The maximum absolute atomic E-state index is 6.00. The highest BCUT2D eigenvalue weighted by Gasteiger charge is 2.13. The third-order valence-corrected chi connectivity index (χ3v) is 5.31. The Morgan fingerprint density at radius 1 is 0.968 bits per heavy atom. The van der Waals surface area contributed by atoms with Crippen molar-refractivity contribution in [3.63, 3.8) is 0 Å². The Bertz CT molecular complexity index is 785. The van der Waals surface area contributed by atoms with Gasteiger partial charge in [0.25, 0.3) is 0 Å². The van der Waals surface area contributed by atoms with Crippen molar-refractivity contribution in [2.24, 2.45) is 4.99 Å². The van der Waals surface area contributed by atoms with Gasteiger partial charge in [-0.3, -0.25) is 0 Å². The van der Waals surface area contributed by atoms with Crippen LogP contribution in [0.15, 0.2) is 53.5 Å². The average Bonchev–Trinajstić information content (AvgIpc) is 2.83. The Morgan fingerprint density at radius 2 is 1.65 bits per heavy atom. The van der Waals surface area contributed by atoms with E-state index in [1.54, 1.807) is 7.11 Å². The highest BCUT2D eigenvalue weighted by atomic mass is 16.5. The van der Waals surface area contributed by atoms with E-state index < -0.39 is 0 Å². The lowest BCUT2D eigenvalue weighted by atomic mass is 10.1. The van der Waals surface area contributed by atoms with Crippen LogP contribution in [0.5, 0.6) is 5.75 Å². The molecule has 2 N–H and O–H groups in total. The Labute approximate surface area is 186 Å². The van der Waals surface area contributed by atoms with Crippen LogP contribution >= 0.6 is 0 Å². The van der Waals surface area contributed by atoms with Crippen LogP contribution in [0.2, 0.25) is 0 Å².